The van der Waals surface area contributed by atoms with E-state index in [1.807, 2.05) is 27.7 Å². The van der Waals surface area contributed by atoms with Gasteiger partial charge in [0.05, 0.1) is 10.7 Å². The maximum Gasteiger partial charge on any atom is 0.222 e. The topological polar surface area (TPSA) is 42.0 Å². The second-order valence-corrected chi connectivity index (χ2v) is 5.38. The van der Waals surface area contributed by atoms with Crippen LogP contribution in [0, 0.1) is 19.8 Å². The Balaban J connectivity index is 2.36. The second kappa shape index (κ2) is 5.99. The van der Waals surface area contributed by atoms with E-state index in [1.54, 1.807) is 11.3 Å². The third-order valence-corrected chi connectivity index (χ3v) is 3.84. The predicted molar refractivity (Wildman–Crippen MR) is 67.8 cm³/mol. The highest BCUT2D eigenvalue weighted by molar-refractivity contribution is 7.11. The van der Waals surface area contributed by atoms with Crippen molar-refractivity contribution >= 4 is 17.2 Å². The smallest absolute Gasteiger partial charge is 0.222 e. The maximum atomic E-state index is 11.5. The van der Waals surface area contributed by atoms with Crippen LogP contribution in [-0.2, 0) is 11.2 Å². The highest BCUT2D eigenvalue weighted by atomic mass is 32.1. The fourth-order valence-electron chi connectivity index (χ4n) is 1.46. The van der Waals surface area contributed by atoms with E-state index in [-0.39, 0.29) is 11.8 Å². The monoisotopic (exact) mass is 240 g/mol. The molecule has 1 heterocycles. The van der Waals surface area contributed by atoms with Gasteiger partial charge in [0.2, 0.25) is 5.91 Å². The van der Waals surface area contributed by atoms with Crippen molar-refractivity contribution in [3.05, 3.63) is 15.6 Å². The summed E-state index contributed by atoms with van der Waals surface area (Å²) in [5, 5.41) is 4.06. The molecule has 3 nitrogen and oxygen atoms in total. The van der Waals surface area contributed by atoms with E-state index in [1.165, 1.54) is 4.88 Å². The van der Waals surface area contributed by atoms with Crippen molar-refractivity contribution in [3.8, 4) is 0 Å². The van der Waals surface area contributed by atoms with Crippen LogP contribution in [0.2, 0.25) is 0 Å². The molecule has 1 aromatic rings. The van der Waals surface area contributed by atoms with Gasteiger partial charge >= 0.3 is 0 Å². The van der Waals surface area contributed by atoms with Gasteiger partial charge in [-0.05, 0) is 20.3 Å². The standard InChI is InChI=1S/C12H20N2OS/c1-5-8(2)12(15)13-7-6-11-9(3)14-10(4)16-11/h8H,5-7H2,1-4H3,(H,13,15)/t8-/m0/s1. The lowest BCUT2D eigenvalue weighted by atomic mass is 10.1. The first-order chi connectivity index (χ1) is 7.54. The average Bonchev–Trinajstić information content (AvgIpc) is 2.56. The molecular weight excluding hydrogens is 220 g/mol. The summed E-state index contributed by atoms with van der Waals surface area (Å²) in [7, 11) is 0. The first-order valence-electron chi connectivity index (χ1n) is 5.75. The molecule has 0 fully saturated rings. The van der Waals surface area contributed by atoms with Crippen LogP contribution < -0.4 is 5.32 Å². The van der Waals surface area contributed by atoms with E-state index in [4.69, 9.17) is 0 Å². The molecule has 0 aliphatic heterocycles. The fourth-order valence-corrected chi connectivity index (χ4v) is 2.40. The molecule has 0 radical (unpaired) electrons. The zero-order valence-electron chi connectivity index (χ0n) is 10.5. The molecule has 1 rings (SSSR count). The van der Waals surface area contributed by atoms with Gasteiger partial charge in [0, 0.05) is 23.8 Å². The van der Waals surface area contributed by atoms with Crippen molar-refractivity contribution in [2.24, 2.45) is 5.92 Å². The maximum absolute atomic E-state index is 11.5. The Morgan fingerprint density at radius 3 is 2.69 bits per heavy atom. The number of rotatable bonds is 5. The van der Waals surface area contributed by atoms with Crippen LogP contribution in [-0.4, -0.2) is 17.4 Å². The highest BCUT2D eigenvalue weighted by Gasteiger charge is 2.10. The third-order valence-electron chi connectivity index (χ3n) is 2.71. The number of aryl methyl sites for hydroxylation is 2. The number of aromatic nitrogens is 1. The third kappa shape index (κ3) is 3.59. The van der Waals surface area contributed by atoms with Crippen LogP contribution in [0.25, 0.3) is 0 Å². The summed E-state index contributed by atoms with van der Waals surface area (Å²) in [5.41, 5.74) is 1.10. The Morgan fingerprint density at radius 2 is 2.19 bits per heavy atom. The molecule has 16 heavy (non-hydrogen) atoms. The predicted octanol–water partition coefficient (Wildman–Crippen LogP) is 2.46. The van der Waals surface area contributed by atoms with Gasteiger partial charge in [-0.15, -0.1) is 11.3 Å². The van der Waals surface area contributed by atoms with E-state index in [0.29, 0.717) is 6.54 Å². The number of amides is 1. The number of hydrogen-bond acceptors (Lipinski definition) is 3. The number of hydrogen-bond donors (Lipinski definition) is 1. The summed E-state index contributed by atoms with van der Waals surface area (Å²) in [5.74, 6) is 0.269. The van der Waals surface area contributed by atoms with Gasteiger partial charge in [0.1, 0.15) is 0 Å². The van der Waals surface area contributed by atoms with Crippen LogP contribution in [0.15, 0.2) is 0 Å². The number of carbonyl (C=O) groups is 1. The van der Waals surface area contributed by atoms with Gasteiger partial charge in [0.15, 0.2) is 0 Å². The van der Waals surface area contributed by atoms with Gasteiger partial charge < -0.3 is 5.32 Å². The lowest BCUT2D eigenvalue weighted by molar-refractivity contribution is -0.124. The van der Waals surface area contributed by atoms with Gasteiger partial charge in [-0.25, -0.2) is 4.98 Å². The van der Waals surface area contributed by atoms with Crippen LogP contribution in [0.5, 0.6) is 0 Å². The molecule has 1 aromatic heterocycles. The molecule has 0 unspecified atom stereocenters. The molecule has 0 aliphatic rings. The molecule has 0 spiro atoms. The first-order valence-corrected chi connectivity index (χ1v) is 6.56. The molecule has 1 atom stereocenters. The van der Waals surface area contributed by atoms with E-state index in [0.717, 1.165) is 23.5 Å². The molecule has 0 aromatic carbocycles. The summed E-state index contributed by atoms with van der Waals surface area (Å²) < 4.78 is 0. The van der Waals surface area contributed by atoms with E-state index in [2.05, 4.69) is 10.3 Å². The molecule has 0 saturated heterocycles. The van der Waals surface area contributed by atoms with Gasteiger partial charge in [-0.2, -0.15) is 0 Å². The van der Waals surface area contributed by atoms with Gasteiger partial charge in [-0.1, -0.05) is 13.8 Å². The van der Waals surface area contributed by atoms with Gasteiger partial charge in [-0.3, -0.25) is 4.79 Å². The Morgan fingerprint density at radius 1 is 1.50 bits per heavy atom. The van der Waals surface area contributed by atoms with Crippen molar-refractivity contribution in [3.63, 3.8) is 0 Å². The van der Waals surface area contributed by atoms with E-state index in [9.17, 15) is 4.79 Å². The Bertz CT molecular complexity index is 360. The number of carbonyl (C=O) groups excluding carboxylic acids is 1. The number of nitrogens with one attached hydrogen (secondary N) is 1. The fraction of sp³-hybridized carbons (Fsp3) is 0.667. The molecule has 4 heteroatoms. The zero-order valence-corrected chi connectivity index (χ0v) is 11.3. The first kappa shape index (κ1) is 13.2. The summed E-state index contributed by atoms with van der Waals surface area (Å²) >= 11 is 1.72. The number of nitrogens with zero attached hydrogens (tertiary/aromatic N) is 1. The lowest BCUT2D eigenvalue weighted by Gasteiger charge is -2.09. The minimum Gasteiger partial charge on any atom is -0.356 e. The summed E-state index contributed by atoms with van der Waals surface area (Å²) in [6.07, 6.45) is 1.78. The van der Waals surface area contributed by atoms with Crippen LogP contribution in [0.1, 0.15) is 35.8 Å². The summed E-state index contributed by atoms with van der Waals surface area (Å²) in [6, 6.07) is 0. The van der Waals surface area contributed by atoms with Crippen molar-refractivity contribution in [1.29, 1.82) is 0 Å². The molecule has 1 amide bonds. The Hall–Kier alpha value is -0.900. The normalized spacial score (nSPS) is 12.5. The van der Waals surface area contributed by atoms with E-state index < -0.39 is 0 Å². The van der Waals surface area contributed by atoms with Crippen LogP contribution in [0.3, 0.4) is 0 Å². The summed E-state index contributed by atoms with van der Waals surface area (Å²) in [4.78, 5) is 17.2. The van der Waals surface area contributed by atoms with Crippen molar-refractivity contribution in [1.82, 2.24) is 10.3 Å². The Labute approximate surface area is 101 Å². The lowest BCUT2D eigenvalue weighted by Crippen LogP contribution is -2.30. The zero-order chi connectivity index (χ0) is 12.1. The number of thiazole rings is 1. The SMILES string of the molecule is CC[C@H](C)C(=O)NCCc1sc(C)nc1C. The van der Waals surface area contributed by atoms with Crippen molar-refractivity contribution in [2.75, 3.05) is 6.54 Å². The van der Waals surface area contributed by atoms with Crippen LogP contribution in [0.4, 0.5) is 0 Å². The quantitative estimate of drug-likeness (QED) is 0.859. The van der Waals surface area contributed by atoms with Crippen LogP contribution >= 0.6 is 11.3 Å². The molecule has 90 valence electrons. The average molecular weight is 240 g/mol. The second-order valence-electron chi connectivity index (χ2n) is 4.09. The summed E-state index contributed by atoms with van der Waals surface area (Å²) in [6.45, 7) is 8.73. The largest absolute Gasteiger partial charge is 0.356 e. The minimum atomic E-state index is 0.115. The molecule has 1 N–H and O–H groups in total. The van der Waals surface area contributed by atoms with Crippen molar-refractivity contribution < 1.29 is 4.79 Å². The molecule has 0 aliphatic carbocycles. The molecular formula is C12H20N2OS. The molecule has 0 saturated carbocycles. The molecule has 0 bridgehead atoms. The van der Waals surface area contributed by atoms with Crippen molar-refractivity contribution in [2.45, 2.75) is 40.5 Å². The minimum absolute atomic E-state index is 0.115. The van der Waals surface area contributed by atoms with Gasteiger partial charge in [0.25, 0.3) is 0 Å². The Kier molecular flexibility index (Phi) is 4.93. The highest BCUT2D eigenvalue weighted by Crippen LogP contribution is 2.17. The van der Waals surface area contributed by atoms with E-state index >= 15 is 0 Å².